The van der Waals surface area contributed by atoms with Gasteiger partial charge in [0, 0.05) is 6.20 Å². The molecule has 1 aromatic carbocycles. The van der Waals surface area contributed by atoms with Gasteiger partial charge in [-0.25, -0.2) is 0 Å². The van der Waals surface area contributed by atoms with Gasteiger partial charge in [-0.2, -0.15) is 0 Å². The highest BCUT2D eigenvalue weighted by Crippen LogP contribution is 2.15. The number of benzene rings is 1. The molecule has 0 aliphatic carbocycles. The van der Waals surface area contributed by atoms with Crippen LogP contribution in [0.25, 0.3) is 0 Å². The molecule has 2 rings (SSSR count). The fourth-order valence-electron chi connectivity index (χ4n) is 1.89. The van der Waals surface area contributed by atoms with Crippen molar-refractivity contribution in [1.82, 2.24) is 4.57 Å². The molecule has 0 saturated heterocycles. The van der Waals surface area contributed by atoms with Gasteiger partial charge in [-0.1, -0.05) is 47.0 Å². The van der Waals surface area contributed by atoms with E-state index in [1.807, 2.05) is 26.0 Å². The molecule has 0 N–H and O–H groups in total. The zero-order chi connectivity index (χ0) is 13.3. The molecule has 0 radical (unpaired) electrons. The van der Waals surface area contributed by atoms with Crippen LogP contribution in [0.5, 0.6) is 0 Å². The maximum atomic E-state index is 11.9. The van der Waals surface area contributed by atoms with Gasteiger partial charge in [-0.3, -0.25) is 4.79 Å². The average Bonchev–Trinajstić information content (AvgIpc) is 2.29. The summed E-state index contributed by atoms with van der Waals surface area (Å²) in [5.41, 5.74) is 3.22. The summed E-state index contributed by atoms with van der Waals surface area (Å²) in [5, 5.41) is 0.608. The van der Waals surface area contributed by atoms with Gasteiger partial charge in [-0.05, 0) is 31.0 Å². The van der Waals surface area contributed by atoms with E-state index in [4.69, 9.17) is 23.2 Å². The van der Waals surface area contributed by atoms with Crippen LogP contribution in [0.4, 0.5) is 0 Å². The van der Waals surface area contributed by atoms with E-state index < -0.39 is 0 Å². The number of hydrogen-bond acceptors (Lipinski definition) is 1. The third-order valence-corrected chi connectivity index (χ3v) is 3.33. The molecule has 1 heterocycles. The number of rotatable bonds is 2. The zero-order valence-corrected chi connectivity index (χ0v) is 11.7. The van der Waals surface area contributed by atoms with E-state index in [0.29, 0.717) is 11.6 Å². The molecule has 0 aliphatic heterocycles. The van der Waals surface area contributed by atoms with Crippen molar-refractivity contribution in [2.45, 2.75) is 20.4 Å². The average molecular weight is 282 g/mol. The second-order valence-electron chi connectivity index (χ2n) is 4.37. The van der Waals surface area contributed by atoms with Crippen LogP contribution in [0.1, 0.15) is 16.7 Å². The number of hydrogen-bond donors (Lipinski definition) is 0. The van der Waals surface area contributed by atoms with E-state index in [-0.39, 0.29) is 10.6 Å². The molecule has 1 aromatic heterocycles. The maximum absolute atomic E-state index is 11.9. The Morgan fingerprint density at radius 3 is 2.56 bits per heavy atom. The smallest absolute Gasteiger partial charge is 0.269 e. The van der Waals surface area contributed by atoms with E-state index in [1.165, 1.54) is 16.2 Å². The lowest BCUT2D eigenvalue weighted by atomic mass is 10.1. The van der Waals surface area contributed by atoms with Crippen LogP contribution >= 0.6 is 23.2 Å². The highest BCUT2D eigenvalue weighted by molar-refractivity contribution is 6.34. The Morgan fingerprint density at radius 1 is 1.17 bits per heavy atom. The summed E-state index contributed by atoms with van der Waals surface area (Å²) >= 11 is 11.7. The maximum Gasteiger partial charge on any atom is 0.269 e. The molecule has 2 nitrogen and oxygen atoms in total. The molecule has 18 heavy (non-hydrogen) atoms. The van der Waals surface area contributed by atoms with Crippen molar-refractivity contribution in [3.63, 3.8) is 0 Å². The Labute approximate surface area is 116 Å². The van der Waals surface area contributed by atoms with Crippen LogP contribution in [0.3, 0.4) is 0 Å². The fraction of sp³-hybridized carbons (Fsp3) is 0.214. The molecule has 0 atom stereocenters. The highest BCUT2D eigenvalue weighted by atomic mass is 35.5. The summed E-state index contributed by atoms with van der Waals surface area (Å²) < 4.78 is 1.53. The summed E-state index contributed by atoms with van der Waals surface area (Å²) in [6.45, 7) is 4.55. The first-order valence-corrected chi connectivity index (χ1v) is 6.34. The van der Waals surface area contributed by atoms with Crippen LogP contribution in [0.15, 0.2) is 35.3 Å². The minimum atomic E-state index is -0.221. The van der Waals surface area contributed by atoms with Gasteiger partial charge in [0.15, 0.2) is 0 Å². The van der Waals surface area contributed by atoms with Crippen molar-refractivity contribution >= 4 is 23.2 Å². The number of halogens is 2. The minimum absolute atomic E-state index is 0.146. The lowest BCUT2D eigenvalue weighted by Crippen LogP contribution is -2.20. The van der Waals surface area contributed by atoms with Gasteiger partial charge < -0.3 is 4.57 Å². The van der Waals surface area contributed by atoms with Crippen LogP contribution < -0.4 is 5.56 Å². The minimum Gasteiger partial charge on any atom is -0.308 e. The first-order chi connectivity index (χ1) is 8.47. The van der Waals surface area contributed by atoms with Gasteiger partial charge in [0.1, 0.15) is 5.02 Å². The van der Waals surface area contributed by atoms with Crippen molar-refractivity contribution < 1.29 is 0 Å². The van der Waals surface area contributed by atoms with E-state index in [9.17, 15) is 4.79 Å². The van der Waals surface area contributed by atoms with Crippen molar-refractivity contribution in [2.24, 2.45) is 0 Å². The highest BCUT2D eigenvalue weighted by Gasteiger charge is 2.06. The van der Waals surface area contributed by atoms with Crippen LogP contribution in [-0.4, -0.2) is 4.57 Å². The lowest BCUT2D eigenvalue weighted by molar-refractivity contribution is 0.755. The van der Waals surface area contributed by atoms with Gasteiger partial charge >= 0.3 is 0 Å². The molecule has 0 bridgehead atoms. The summed E-state index contributed by atoms with van der Waals surface area (Å²) in [7, 11) is 0. The summed E-state index contributed by atoms with van der Waals surface area (Å²) in [5.74, 6) is 0. The molecule has 0 spiro atoms. The van der Waals surface area contributed by atoms with E-state index in [0.717, 1.165) is 11.1 Å². The first kappa shape index (κ1) is 13.2. The quantitative estimate of drug-likeness (QED) is 0.820. The Morgan fingerprint density at radius 2 is 1.89 bits per heavy atom. The molecular formula is C14H13Cl2NO. The largest absolute Gasteiger partial charge is 0.308 e. The molecule has 0 unspecified atom stereocenters. The van der Waals surface area contributed by atoms with E-state index in [1.54, 1.807) is 6.20 Å². The van der Waals surface area contributed by atoms with Gasteiger partial charge in [0.2, 0.25) is 0 Å². The second-order valence-corrected chi connectivity index (χ2v) is 5.21. The Balaban J connectivity index is 2.43. The normalized spacial score (nSPS) is 10.7. The van der Waals surface area contributed by atoms with Crippen molar-refractivity contribution in [1.29, 1.82) is 0 Å². The SMILES string of the molecule is Cc1ccc(Cn2cc(Cl)cc(Cl)c2=O)c(C)c1. The van der Waals surface area contributed by atoms with Crippen molar-refractivity contribution in [3.8, 4) is 0 Å². The topological polar surface area (TPSA) is 22.0 Å². The monoisotopic (exact) mass is 281 g/mol. The number of pyridine rings is 1. The predicted octanol–water partition coefficient (Wildman–Crippen LogP) is 3.82. The third kappa shape index (κ3) is 2.77. The van der Waals surface area contributed by atoms with Crippen LogP contribution in [-0.2, 0) is 6.54 Å². The van der Waals surface area contributed by atoms with Gasteiger partial charge in [0.25, 0.3) is 5.56 Å². The predicted molar refractivity (Wildman–Crippen MR) is 75.7 cm³/mol. The lowest BCUT2D eigenvalue weighted by Gasteiger charge is -2.10. The number of aryl methyl sites for hydroxylation is 2. The van der Waals surface area contributed by atoms with E-state index in [2.05, 4.69) is 6.07 Å². The fourth-order valence-corrected chi connectivity index (χ4v) is 2.40. The molecule has 0 amide bonds. The van der Waals surface area contributed by atoms with Crippen LogP contribution in [0.2, 0.25) is 10.0 Å². The number of aromatic nitrogens is 1. The molecule has 4 heteroatoms. The van der Waals surface area contributed by atoms with Crippen molar-refractivity contribution in [3.05, 3.63) is 67.6 Å². The van der Waals surface area contributed by atoms with E-state index >= 15 is 0 Å². The Kier molecular flexibility index (Phi) is 3.79. The summed E-state index contributed by atoms with van der Waals surface area (Å²) in [6.07, 6.45) is 1.61. The van der Waals surface area contributed by atoms with Gasteiger partial charge in [-0.15, -0.1) is 0 Å². The number of nitrogens with zero attached hydrogens (tertiary/aromatic N) is 1. The third-order valence-electron chi connectivity index (χ3n) is 2.85. The molecular weight excluding hydrogens is 269 g/mol. The summed E-state index contributed by atoms with van der Waals surface area (Å²) in [4.78, 5) is 11.9. The Bertz CT molecular complexity index is 647. The first-order valence-electron chi connectivity index (χ1n) is 5.59. The van der Waals surface area contributed by atoms with Crippen molar-refractivity contribution in [2.75, 3.05) is 0 Å². The van der Waals surface area contributed by atoms with Gasteiger partial charge in [0.05, 0.1) is 11.6 Å². The molecule has 0 fully saturated rings. The molecule has 2 aromatic rings. The second kappa shape index (κ2) is 5.17. The summed E-state index contributed by atoms with van der Waals surface area (Å²) in [6, 6.07) is 7.60. The van der Waals surface area contributed by atoms with Crippen LogP contribution in [0, 0.1) is 13.8 Å². The molecule has 94 valence electrons. The Hall–Kier alpha value is -1.25. The standard InChI is InChI=1S/C14H13Cl2NO/c1-9-3-4-11(10(2)5-9)7-17-8-12(15)6-13(16)14(17)18/h3-6,8H,7H2,1-2H3. The zero-order valence-electron chi connectivity index (χ0n) is 10.2. The molecule has 0 aliphatic rings. The molecule has 0 saturated carbocycles.